The Morgan fingerprint density at radius 3 is 2.86 bits per heavy atom. The number of fused-ring (bicyclic) bond motifs is 3. The first-order valence-corrected chi connectivity index (χ1v) is 6.47. The molecule has 0 saturated carbocycles. The summed E-state index contributed by atoms with van der Waals surface area (Å²) in [5.74, 6) is 0.319. The van der Waals surface area contributed by atoms with Crippen molar-refractivity contribution in [1.82, 2.24) is 15.2 Å². The average Bonchev–Trinajstić information content (AvgIpc) is 2.98. The molecule has 2 heterocycles. The van der Waals surface area contributed by atoms with Crippen LogP contribution in [0.2, 0.25) is 0 Å². The molecule has 0 aliphatic rings. The maximum absolute atomic E-state index is 14.0. The van der Waals surface area contributed by atoms with Crippen LogP contribution in [0.5, 0.6) is 0 Å². The molecular formula is C16H10FN4. The summed E-state index contributed by atoms with van der Waals surface area (Å²) in [5.41, 5.74) is 2.15. The van der Waals surface area contributed by atoms with Crippen LogP contribution in [0.25, 0.3) is 21.8 Å². The average molecular weight is 277 g/mol. The summed E-state index contributed by atoms with van der Waals surface area (Å²) < 4.78 is 14.0. The highest BCUT2D eigenvalue weighted by atomic mass is 19.1. The number of benzene rings is 2. The third kappa shape index (κ3) is 1.90. The van der Waals surface area contributed by atoms with Gasteiger partial charge in [-0.05, 0) is 30.3 Å². The first kappa shape index (κ1) is 11.8. The summed E-state index contributed by atoms with van der Waals surface area (Å²) in [6, 6.07) is 15.2. The first-order valence-electron chi connectivity index (χ1n) is 6.47. The van der Waals surface area contributed by atoms with Crippen molar-refractivity contribution in [2.45, 2.75) is 0 Å². The van der Waals surface area contributed by atoms with E-state index in [2.05, 4.69) is 26.6 Å². The largest absolute Gasteiger partial charge is 0.338 e. The van der Waals surface area contributed by atoms with Gasteiger partial charge in [-0.2, -0.15) is 5.10 Å². The molecule has 0 spiro atoms. The fourth-order valence-electron chi connectivity index (χ4n) is 2.40. The van der Waals surface area contributed by atoms with E-state index in [4.69, 9.17) is 0 Å². The molecule has 2 N–H and O–H groups in total. The molecule has 2 aromatic heterocycles. The second kappa shape index (κ2) is 4.56. The lowest BCUT2D eigenvalue weighted by molar-refractivity contribution is 0.640. The van der Waals surface area contributed by atoms with Crippen LogP contribution in [-0.4, -0.2) is 15.2 Å². The second-order valence-corrected chi connectivity index (χ2v) is 4.67. The van der Waals surface area contributed by atoms with Crippen LogP contribution < -0.4 is 5.32 Å². The number of hydrogen-bond donors (Lipinski definition) is 2. The fourth-order valence-corrected chi connectivity index (χ4v) is 2.40. The van der Waals surface area contributed by atoms with E-state index in [1.165, 1.54) is 6.07 Å². The lowest BCUT2D eigenvalue weighted by Gasteiger charge is -2.09. The smallest absolute Gasteiger partial charge is 0.157 e. The molecule has 2 aromatic carbocycles. The van der Waals surface area contributed by atoms with Gasteiger partial charge in [-0.15, -0.1) is 0 Å². The molecule has 21 heavy (non-hydrogen) atoms. The van der Waals surface area contributed by atoms with Crippen molar-refractivity contribution in [2.75, 3.05) is 5.32 Å². The molecule has 0 amide bonds. The maximum Gasteiger partial charge on any atom is 0.157 e. The molecule has 4 rings (SSSR count). The lowest BCUT2D eigenvalue weighted by atomic mass is 10.1. The zero-order valence-corrected chi connectivity index (χ0v) is 10.9. The van der Waals surface area contributed by atoms with Crippen molar-refractivity contribution in [3.63, 3.8) is 0 Å². The Labute approximate surface area is 119 Å². The molecule has 0 bridgehead atoms. The van der Waals surface area contributed by atoms with E-state index in [9.17, 15) is 4.39 Å². The normalized spacial score (nSPS) is 11.1. The molecule has 0 saturated heterocycles. The molecular weight excluding hydrogens is 267 g/mol. The SMILES string of the molecule is Fc1cccc2nc(Nc3cc[c]cc3)c3[nH]ncc3c12. The van der Waals surface area contributed by atoms with Gasteiger partial charge in [-0.1, -0.05) is 18.2 Å². The van der Waals surface area contributed by atoms with Crippen LogP contribution in [-0.2, 0) is 0 Å². The zero-order chi connectivity index (χ0) is 14.2. The van der Waals surface area contributed by atoms with Crippen molar-refractivity contribution in [3.05, 3.63) is 60.5 Å². The summed E-state index contributed by atoms with van der Waals surface area (Å²) in [5, 5.41) is 11.3. The van der Waals surface area contributed by atoms with Gasteiger partial charge < -0.3 is 5.32 Å². The number of aromatic nitrogens is 3. The van der Waals surface area contributed by atoms with Gasteiger partial charge in [0.05, 0.1) is 11.7 Å². The Morgan fingerprint density at radius 1 is 1.14 bits per heavy atom. The first-order chi connectivity index (χ1) is 10.3. The Balaban J connectivity index is 1.98. The van der Waals surface area contributed by atoms with E-state index in [1.54, 1.807) is 18.3 Å². The molecule has 0 aliphatic heterocycles. The molecule has 1 radical (unpaired) electrons. The summed E-state index contributed by atoms with van der Waals surface area (Å²) >= 11 is 0. The predicted octanol–water partition coefficient (Wildman–Crippen LogP) is 3.79. The number of nitrogens with one attached hydrogen (secondary N) is 2. The summed E-state index contributed by atoms with van der Waals surface area (Å²) in [4.78, 5) is 4.50. The van der Waals surface area contributed by atoms with Gasteiger partial charge in [0.2, 0.25) is 0 Å². The number of rotatable bonds is 2. The number of pyridine rings is 1. The lowest BCUT2D eigenvalue weighted by Crippen LogP contribution is -1.96. The molecule has 4 nitrogen and oxygen atoms in total. The summed E-state index contributed by atoms with van der Waals surface area (Å²) in [6.45, 7) is 0. The van der Waals surface area contributed by atoms with Gasteiger partial charge in [-0.25, -0.2) is 9.37 Å². The van der Waals surface area contributed by atoms with Crippen LogP contribution in [0, 0.1) is 11.9 Å². The third-order valence-electron chi connectivity index (χ3n) is 3.35. The summed E-state index contributed by atoms with van der Waals surface area (Å²) in [6.07, 6.45) is 1.62. The van der Waals surface area contributed by atoms with Crippen LogP contribution >= 0.6 is 0 Å². The molecule has 5 heteroatoms. The number of halogens is 1. The summed E-state index contributed by atoms with van der Waals surface area (Å²) in [7, 11) is 0. The van der Waals surface area contributed by atoms with Gasteiger partial charge in [0.25, 0.3) is 0 Å². The molecule has 0 unspecified atom stereocenters. The van der Waals surface area contributed by atoms with Crippen LogP contribution in [0.4, 0.5) is 15.9 Å². The van der Waals surface area contributed by atoms with Crippen molar-refractivity contribution in [1.29, 1.82) is 0 Å². The van der Waals surface area contributed by atoms with Crippen molar-refractivity contribution in [3.8, 4) is 0 Å². The molecule has 0 aliphatic carbocycles. The van der Waals surface area contributed by atoms with Crippen molar-refractivity contribution >= 4 is 33.3 Å². The monoisotopic (exact) mass is 277 g/mol. The zero-order valence-electron chi connectivity index (χ0n) is 10.9. The highest BCUT2D eigenvalue weighted by Crippen LogP contribution is 2.30. The Kier molecular flexibility index (Phi) is 2.57. The van der Waals surface area contributed by atoms with Crippen molar-refractivity contribution < 1.29 is 4.39 Å². The molecule has 0 atom stereocenters. The fraction of sp³-hybridized carbons (Fsp3) is 0. The number of H-pyrrole nitrogens is 1. The molecule has 4 aromatic rings. The van der Waals surface area contributed by atoms with Crippen LogP contribution in [0.15, 0.2) is 48.7 Å². The van der Waals surface area contributed by atoms with E-state index in [0.717, 1.165) is 5.69 Å². The van der Waals surface area contributed by atoms with Crippen molar-refractivity contribution in [2.24, 2.45) is 0 Å². The Morgan fingerprint density at radius 2 is 2.00 bits per heavy atom. The minimum atomic E-state index is -0.299. The number of hydrogen-bond acceptors (Lipinski definition) is 3. The standard InChI is InChI=1S/C16H10FN4/c17-12-7-4-8-13-14(12)11-9-18-21-15(11)16(20-13)19-10-5-2-1-3-6-10/h2-9H,(H,18,21)(H,19,20). The Hall–Kier alpha value is -2.95. The van der Waals surface area contributed by atoms with E-state index in [1.807, 2.05) is 24.3 Å². The predicted molar refractivity (Wildman–Crippen MR) is 79.9 cm³/mol. The minimum Gasteiger partial charge on any atom is -0.338 e. The van der Waals surface area contributed by atoms with E-state index in [-0.39, 0.29) is 5.82 Å². The second-order valence-electron chi connectivity index (χ2n) is 4.67. The van der Waals surface area contributed by atoms with E-state index in [0.29, 0.717) is 27.6 Å². The van der Waals surface area contributed by atoms with Gasteiger partial charge in [0.1, 0.15) is 11.3 Å². The number of aromatic amines is 1. The maximum atomic E-state index is 14.0. The van der Waals surface area contributed by atoms with Gasteiger partial charge >= 0.3 is 0 Å². The molecule has 101 valence electrons. The topological polar surface area (TPSA) is 53.6 Å². The highest BCUT2D eigenvalue weighted by Gasteiger charge is 2.13. The van der Waals surface area contributed by atoms with E-state index >= 15 is 0 Å². The minimum absolute atomic E-state index is 0.299. The number of nitrogens with zero attached hydrogens (tertiary/aromatic N) is 2. The number of anilines is 2. The third-order valence-corrected chi connectivity index (χ3v) is 3.35. The van der Waals surface area contributed by atoms with Gasteiger partial charge in [0.15, 0.2) is 5.82 Å². The Bertz CT molecular complexity index is 931. The van der Waals surface area contributed by atoms with E-state index < -0.39 is 0 Å². The highest BCUT2D eigenvalue weighted by molar-refractivity contribution is 6.08. The quantitative estimate of drug-likeness (QED) is 0.586. The van der Waals surface area contributed by atoms with Gasteiger partial charge in [-0.3, -0.25) is 5.10 Å². The van der Waals surface area contributed by atoms with Crippen LogP contribution in [0.1, 0.15) is 0 Å². The van der Waals surface area contributed by atoms with Gasteiger partial charge in [0, 0.05) is 16.5 Å². The van der Waals surface area contributed by atoms with Crippen LogP contribution in [0.3, 0.4) is 0 Å². The molecule has 0 fully saturated rings.